The van der Waals surface area contributed by atoms with Gasteiger partial charge in [0, 0.05) is 12.2 Å². The predicted molar refractivity (Wildman–Crippen MR) is 75.4 cm³/mol. The number of rotatable bonds is 2. The number of carbonyl (C=O) groups is 1. The molecule has 3 nitrogen and oxygen atoms in total. The zero-order valence-corrected chi connectivity index (χ0v) is 12.5. The van der Waals surface area contributed by atoms with Gasteiger partial charge in [0.2, 0.25) is 0 Å². The smallest absolute Gasteiger partial charge is 0.254 e. The van der Waals surface area contributed by atoms with E-state index >= 15 is 0 Å². The molecule has 0 atom stereocenters. The van der Waals surface area contributed by atoms with Crippen molar-refractivity contribution in [1.29, 1.82) is 0 Å². The molecule has 1 aromatic heterocycles. The van der Waals surface area contributed by atoms with E-state index in [1.54, 1.807) is 18.3 Å². The van der Waals surface area contributed by atoms with Crippen LogP contribution in [0.4, 0.5) is 0 Å². The summed E-state index contributed by atoms with van der Waals surface area (Å²) in [5, 5.41) is 3.10. The molecule has 0 radical (unpaired) electrons. The van der Waals surface area contributed by atoms with Gasteiger partial charge in [-0.05, 0) is 59.2 Å². The average molecular weight is 311 g/mol. The molecule has 2 rings (SSSR count). The molecule has 0 bridgehead atoms. The highest BCUT2D eigenvalue weighted by Crippen LogP contribution is 2.35. The van der Waals surface area contributed by atoms with Crippen LogP contribution in [0.15, 0.2) is 22.9 Å². The third-order valence-electron chi connectivity index (χ3n) is 3.68. The number of nitrogens with zero attached hydrogens (tertiary/aromatic N) is 1. The van der Waals surface area contributed by atoms with Crippen LogP contribution in [-0.4, -0.2) is 16.9 Å². The summed E-state index contributed by atoms with van der Waals surface area (Å²) >= 11 is 3.31. The maximum atomic E-state index is 12.1. The second-order valence-corrected chi connectivity index (χ2v) is 6.50. The lowest BCUT2D eigenvalue weighted by Crippen LogP contribution is -2.39. The standard InChI is InChI=1S/C14H19BrN2O/c1-14(2)7-5-10(6-8-14)17-13(18)11-4-3-9-16-12(11)15/h3-4,9-10H,5-8H2,1-2H3,(H,17,18). The molecule has 1 saturated carbocycles. The molecule has 0 aliphatic heterocycles. The van der Waals surface area contributed by atoms with Crippen LogP contribution in [0.5, 0.6) is 0 Å². The van der Waals surface area contributed by atoms with Crippen molar-refractivity contribution < 1.29 is 4.79 Å². The number of nitrogens with one attached hydrogen (secondary N) is 1. The lowest BCUT2D eigenvalue weighted by molar-refractivity contribution is 0.0908. The van der Waals surface area contributed by atoms with Crippen LogP contribution in [0.3, 0.4) is 0 Å². The van der Waals surface area contributed by atoms with Gasteiger partial charge in [0.15, 0.2) is 0 Å². The predicted octanol–water partition coefficient (Wildman–Crippen LogP) is 3.54. The summed E-state index contributed by atoms with van der Waals surface area (Å²) in [6.07, 6.45) is 6.15. The summed E-state index contributed by atoms with van der Waals surface area (Å²) in [6, 6.07) is 3.88. The van der Waals surface area contributed by atoms with Gasteiger partial charge in [-0.25, -0.2) is 4.98 Å². The van der Waals surface area contributed by atoms with E-state index in [0.717, 1.165) is 12.8 Å². The molecule has 4 heteroatoms. The summed E-state index contributed by atoms with van der Waals surface area (Å²) in [7, 11) is 0. The van der Waals surface area contributed by atoms with Gasteiger partial charge < -0.3 is 5.32 Å². The highest BCUT2D eigenvalue weighted by molar-refractivity contribution is 9.10. The Hall–Kier alpha value is -0.900. The first-order valence-electron chi connectivity index (χ1n) is 6.39. The normalized spacial score (nSPS) is 19.5. The van der Waals surface area contributed by atoms with Crippen LogP contribution in [-0.2, 0) is 0 Å². The highest BCUT2D eigenvalue weighted by atomic mass is 79.9. The van der Waals surface area contributed by atoms with Gasteiger partial charge >= 0.3 is 0 Å². The second kappa shape index (κ2) is 5.39. The molecule has 1 aromatic rings. The van der Waals surface area contributed by atoms with Gasteiger partial charge in [-0.2, -0.15) is 0 Å². The maximum Gasteiger partial charge on any atom is 0.254 e. The van der Waals surface area contributed by atoms with Crippen molar-refractivity contribution in [2.45, 2.75) is 45.6 Å². The third kappa shape index (κ3) is 3.31. The minimum absolute atomic E-state index is 0.0281. The van der Waals surface area contributed by atoms with Crippen molar-refractivity contribution in [3.05, 3.63) is 28.5 Å². The molecule has 1 amide bonds. The fourth-order valence-electron chi connectivity index (χ4n) is 2.36. The number of aromatic nitrogens is 1. The third-order valence-corrected chi connectivity index (χ3v) is 4.31. The molecular weight excluding hydrogens is 292 g/mol. The Kier molecular flexibility index (Phi) is 4.05. The molecule has 1 heterocycles. The first kappa shape index (κ1) is 13.5. The average Bonchev–Trinajstić information content (AvgIpc) is 2.32. The van der Waals surface area contributed by atoms with Gasteiger partial charge in [-0.1, -0.05) is 13.8 Å². The fourth-order valence-corrected chi connectivity index (χ4v) is 2.79. The van der Waals surface area contributed by atoms with Crippen LogP contribution >= 0.6 is 15.9 Å². The molecule has 1 aliphatic rings. The second-order valence-electron chi connectivity index (χ2n) is 5.75. The van der Waals surface area contributed by atoms with E-state index in [2.05, 4.69) is 40.1 Å². The van der Waals surface area contributed by atoms with Gasteiger partial charge in [-0.15, -0.1) is 0 Å². The summed E-state index contributed by atoms with van der Waals surface area (Å²) < 4.78 is 0.610. The maximum absolute atomic E-state index is 12.1. The van der Waals surface area contributed by atoms with E-state index in [-0.39, 0.29) is 5.91 Å². The van der Waals surface area contributed by atoms with Crippen molar-refractivity contribution in [2.24, 2.45) is 5.41 Å². The van der Waals surface area contributed by atoms with Gasteiger partial charge in [-0.3, -0.25) is 4.79 Å². The number of hydrogen-bond donors (Lipinski definition) is 1. The number of halogens is 1. The lowest BCUT2D eigenvalue weighted by atomic mass is 9.75. The monoisotopic (exact) mass is 310 g/mol. The fraction of sp³-hybridized carbons (Fsp3) is 0.571. The zero-order chi connectivity index (χ0) is 13.2. The largest absolute Gasteiger partial charge is 0.349 e. The highest BCUT2D eigenvalue weighted by Gasteiger charge is 2.27. The molecule has 1 fully saturated rings. The Bertz CT molecular complexity index is 435. The zero-order valence-electron chi connectivity index (χ0n) is 10.9. The van der Waals surface area contributed by atoms with Crippen molar-refractivity contribution in [1.82, 2.24) is 10.3 Å². The molecule has 18 heavy (non-hydrogen) atoms. The Labute approximate surface area is 117 Å². The summed E-state index contributed by atoms with van der Waals surface area (Å²) in [5.74, 6) is -0.0281. The minimum Gasteiger partial charge on any atom is -0.349 e. The Balaban J connectivity index is 1.95. The molecule has 0 aromatic carbocycles. The Morgan fingerprint density at radius 1 is 1.44 bits per heavy atom. The van der Waals surface area contributed by atoms with E-state index in [9.17, 15) is 4.79 Å². The first-order chi connectivity index (χ1) is 8.48. The Morgan fingerprint density at radius 3 is 2.72 bits per heavy atom. The van der Waals surface area contributed by atoms with Crippen molar-refractivity contribution >= 4 is 21.8 Å². The van der Waals surface area contributed by atoms with E-state index in [1.807, 2.05) is 0 Å². The van der Waals surface area contributed by atoms with Crippen LogP contribution in [0.25, 0.3) is 0 Å². The number of hydrogen-bond acceptors (Lipinski definition) is 2. The number of amides is 1. The van der Waals surface area contributed by atoms with Gasteiger partial charge in [0.05, 0.1) is 5.56 Å². The van der Waals surface area contributed by atoms with Crippen molar-refractivity contribution in [3.63, 3.8) is 0 Å². The molecule has 98 valence electrons. The summed E-state index contributed by atoms with van der Waals surface area (Å²) in [6.45, 7) is 4.59. The molecule has 1 N–H and O–H groups in total. The molecule has 0 saturated heterocycles. The van der Waals surface area contributed by atoms with Gasteiger partial charge in [0.25, 0.3) is 5.91 Å². The van der Waals surface area contributed by atoms with Crippen molar-refractivity contribution in [3.8, 4) is 0 Å². The molecular formula is C14H19BrN2O. The molecule has 0 spiro atoms. The number of carbonyl (C=O) groups excluding carboxylic acids is 1. The summed E-state index contributed by atoms with van der Waals surface area (Å²) in [5.41, 5.74) is 1.04. The van der Waals surface area contributed by atoms with E-state index in [4.69, 9.17) is 0 Å². The van der Waals surface area contributed by atoms with Crippen LogP contribution in [0, 0.1) is 5.41 Å². The number of pyridine rings is 1. The minimum atomic E-state index is -0.0281. The summed E-state index contributed by atoms with van der Waals surface area (Å²) in [4.78, 5) is 16.2. The van der Waals surface area contributed by atoms with Crippen LogP contribution in [0.1, 0.15) is 49.9 Å². The van der Waals surface area contributed by atoms with Gasteiger partial charge in [0.1, 0.15) is 4.60 Å². The molecule has 1 aliphatic carbocycles. The molecule has 0 unspecified atom stereocenters. The quantitative estimate of drug-likeness (QED) is 0.849. The topological polar surface area (TPSA) is 42.0 Å². The van der Waals surface area contributed by atoms with Crippen LogP contribution < -0.4 is 5.32 Å². The van der Waals surface area contributed by atoms with Crippen LogP contribution in [0.2, 0.25) is 0 Å². The van der Waals surface area contributed by atoms with E-state index < -0.39 is 0 Å². The first-order valence-corrected chi connectivity index (χ1v) is 7.19. The Morgan fingerprint density at radius 2 is 2.11 bits per heavy atom. The van der Waals surface area contributed by atoms with E-state index in [0.29, 0.717) is 21.6 Å². The SMILES string of the molecule is CC1(C)CCC(NC(=O)c2cccnc2Br)CC1. The lowest BCUT2D eigenvalue weighted by Gasteiger charge is -2.34. The van der Waals surface area contributed by atoms with E-state index in [1.165, 1.54) is 12.8 Å². The van der Waals surface area contributed by atoms with Crippen molar-refractivity contribution in [2.75, 3.05) is 0 Å².